The van der Waals surface area contributed by atoms with Crippen molar-refractivity contribution < 1.29 is 19.2 Å². The summed E-state index contributed by atoms with van der Waals surface area (Å²) < 4.78 is 8.88. The van der Waals surface area contributed by atoms with Crippen molar-refractivity contribution >= 4 is 37.4 Å². The van der Waals surface area contributed by atoms with E-state index in [-0.39, 0.29) is 29.6 Å². The van der Waals surface area contributed by atoms with Gasteiger partial charge < -0.3 is 20.0 Å². The summed E-state index contributed by atoms with van der Waals surface area (Å²) in [5, 5.41) is 2.75. The standard InChI is InChI=1S/C2H7N.Na.H3O4P.H/c1-3-2;;1-5(2,3)4;/h3H,1-2H3;;(H3,1,2,3,4);. The molecule has 0 aliphatic heterocycles. The fraction of sp³-hybridized carbons (Fsp3) is 1.00. The Balaban J connectivity index is -0.0000000800. The molecule has 0 amide bonds. The fourth-order valence-electron chi connectivity index (χ4n) is 0. The molecule has 7 heteroatoms. The van der Waals surface area contributed by atoms with Crippen LogP contribution in [0.2, 0.25) is 0 Å². The van der Waals surface area contributed by atoms with E-state index in [1.807, 2.05) is 14.1 Å². The van der Waals surface area contributed by atoms with Crippen LogP contribution in [0.15, 0.2) is 0 Å². The van der Waals surface area contributed by atoms with Gasteiger partial charge in [0.2, 0.25) is 0 Å². The molecular weight excluding hydrogens is 156 g/mol. The summed E-state index contributed by atoms with van der Waals surface area (Å²) in [5.74, 6) is 0. The van der Waals surface area contributed by atoms with Crippen molar-refractivity contribution in [1.82, 2.24) is 5.32 Å². The molecule has 0 unspecified atom stereocenters. The van der Waals surface area contributed by atoms with Crippen LogP contribution in [0.4, 0.5) is 0 Å². The Hall–Kier alpha value is 1.07. The summed E-state index contributed by atoms with van der Waals surface area (Å²) in [4.78, 5) is 21.6. The SMILES string of the molecule is CNC.O=P(O)(O)O.[NaH]. The summed E-state index contributed by atoms with van der Waals surface area (Å²) in [7, 11) is -0.889. The number of rotatable bonds is 0. The zero-order valence-corrected chi connectivity index (χ0v) is 5.59. The second-order valence-corrected chi connectivity index (χ2v) is 2.04. The van der Waals surface area contributed by atoms with Gasteiger partial charge >= 0.3 is 37.4 Å². The molecule has 0 bridgehead atoms. The molecule has 0 saturated heterocycles. The van der Waals surface area contributed by atoms with Gasteiger partial charge in [-0.25, -0.2) is 4.57 Å². The molecule has 5 nitrogen and oxygen atoms in total. The summed E-state index contributed by atoms with van der Waals surface area (Å²) in [5.41, 5.74) is 0. The molecule has 0 aliphatic carbocycles. The summed E-state index contributed by atoms with van der Waals surface area (Å²) in [6.07, 6.45) is 0. The van der Waals surface area contributed by atoms with Gasteiger partial charge in [0.25, 0.3) is 0 Å². The van der Waals surface area contributed by atoms with E-state index in [1.54, 1.807) is 0 Å². The average molecular weight is 167 g/mol. The molecule has 0 spiro atoms. The zero-order valence-electron chi connectivity index (χ0n) is 4.70. The molecule has 54 valence electrons. The molecule has 0 heterocycles. The molecular formula is C2H11NNaO4P. The first-order valence-electron chi connectivity index (χ1n) is 1.78. The summed E-state index contributed by atoms with van der Waals surface area (Å²) in [6, 6.07) is 0. The third-order valence-electron chi connectivity index (χ3n) is 0. The van der Waals surface area contributed by atoms with Crippen LogP contribution in [-0.4, -0.2) is 58.3 Å². The Kier molecular flexibility index (Phi) is 16.7. The van der Waals surface area contributed by atoms with Gasteiger partial charge in [0, 0.05) is 0 Å². The van der Waals surface area contributed by atoms with E-state index in [0.717, 1.165) is 0 Å². The summed E-state index contributed by atoms with van der Waals surface area (Å²) >= 11 is 0. The molecule has 0 aliphatic rings. The van der Waals surface area contributed by atoms with Crippen molar-refractivity contribution in [2.45, 2.75) is 0 Å². The van der Waals surface area contributed by atoms with Gasteiger partial charge in [-0.15, -0.1) is 0 Å². The number of hydrogen-bond acceptors (Lipinski definition) is 2. The molecule has 4 N–H and O–H groups in total. The van der Waals surface area contributed by atoms with Crippen LogP contribution in [0.3, 0.4) is 0 Å². The van der Waals surface area contributed by atoms with Gasteiger partial charge in [-0.1, -0.05) is 0 Å². The van der Waals surface area contributed by atoms with Gasteiger partial charge in [-0.3, -0.25) is 0 Å². The molecule has 0 atom stereocenters. The van der Waals surface area contributed by atoms with Crippen molar-refractivity contribution in [1.29, 1.82) is 0 Å². The minimum atomic E-state index is -4.64. The van der Waals surface area contributed by atoms with E-state index in [9.17, 15) is 0 Å². The minimum absolute atomic E-state index is 0. The van der Waals surface area contributed by atoms with E-state index in [1.165, 1.54) is 0 Å². The zero-order chi connectivity index (χ0) is 7.21. The second kappa shape index (κ2) is 9.07. The van der Waals surface area contributed by atoms with Crippen LogP contribution in [-0.2, 0) is 4.57 Å². The molecule has 0 aromatic heterocycles. The molecule has 9 heavy (non-hydrogen) atoms. The summed E-state index contributed by atoms with van der Waals surface area (Å²) in [6.45, 7) is 0. The van der Waals surface area contributed by atoms with Crippen LogP contribution in [0, 0.1) is 0 Å². The van der Waals surface area contributed by atoms with Gasteiger partial charge in [-0.05, 0) is 14.1 Å². The molecule has 0 rings (SSSR count). The second-order valence-electron chi connectivity index (χ2n) is 1.01. The average Bonchev–Trinajstić information content (AvgIpc) is 1.27. The van der Waals surface area contributed by atoms with Crippen LogP contribution >= 0.6 is 7.82 Å². The molecule has 0 saturated carbocycles. The number of hydrogen-bond donors (Lipinski definition) is 4. The van der Waals surface area contributed by atoms with Crippen molar-refractivity contribution in [3.8, 4) is 0 Å². The topological polar surface area (TPSA) is 89.8 Å². The first-order chi connectivity index (χ1) is 3.41. The Morgan fingerprint density at radius 2 is 1.22 bits per heavy atom. The van der Waals surface area contributed by atoms with E-state index in [2.05, 4.69) is 5.32 Å². The maximum absolute atomic E-state index is 8.88. The number of nitrogens with one attached hydrogen (secondary N) is 1. The van der Waals surface area contributed by atoms with Crippen LogP contribution < -0.4 is 5.32 Å². The van der Waals surface area contributed by atoms with E-state index >= 15 is 0 Å². The van der Waals surface area contributed by atoms with Gasteiger partial charge in [0.1, 0.15) is 0 Å². The fourth-order valence-corrected chi connectivity index (χ4v) is 0. The molecule has 0 radical (unpaired) electrons. The van der Waals surface area contributed by atoms with Crippen LogP contribution in [0.1, 0.15) is 0 Å². The van der Waals surface area contributed by atoms with Crippen molar-refractivity contribution in [2.24, 2.45) is 0 Å². The predicted octanol–water partition coefficient (Wildman–Crippen LogP) is -1.74. The van der Waals surface area contributed by atoms with Gasteiger partial charge in [0.05, 0.1) is 0 Å². The van der Waals surface area contributed by atoms with Gasteiger partial charge in [-0.2, -0.15) is 0 Å². The van der Waals surface area contributed by atoms with E-state index < -0.39 is 7.82 Å². The monoisotopic (exact) mass is 167 g/mol. The van der Waals surface area contributed by atoms with E-state index in [0.29, 0.717) is 0 Å². The Morgan fingerprint density at radius 1 is 1.22 bits per heavy atom. The molecule has 0 aromatic carbocycles. The van der Waals surface area contributed by atoms with Crippen LogP contribution in [0.25, 0.3) is 0 Å². The van der Waals surface area contributed by atoms with Crippen molar-refractivity contribution in [2.75, 3.05) is 14.1 Å². The maximum atomic E-state index is 8.88. The van der Waals surface area contributed by atoms with Crippen molar-refractivity contribution in [3.63, 3.8) is 0 Å². The first-order valence-corrected chi connectivity index (χ1v) is 3.35. The Morgan fingerprint density at radius 3 is 1.22 bits per heavy atom. The Labute approximate surface area is 76.0 Å². The normalized spacial score (nSPS) is 8.56. The van der Waals surface area contributed by atoms with Gasteiger partial charge in [0.15, 0.2) is 0 Å². The molecule has 0 aromatic rings. The van der Waals surface area contributed by atoms with Crippen molar-refractivity contribution in [3.05, 3.63) is 0 Å². The van der Waals surface area contributed by atoms with Crippen LogP contribution in [0.5, 0.6) is 0 Å². The van der Waals surface area contributed by atoms with E-state index in [4.69, 9.17) is 19.2 Å². The third-order valence-corrected chi connectivity index (χ3v) is 0. The number of phosphoric acid groups is 1. The Bertz CT molecular complexity index is 74.4. The molecule has 0 fully saturated rings. The third kappa shape index (κ3) is 396. The predicted molar refractivity (Wildman–Crippen MR) is 36.4 cm³/mol. The quantitative estimate of drug-likeness (QED) is 0.254. The first kappa shape index (κ1) is 16.6.